The molecule has 1 aliphatic rings. The molecule has 23 heavy (non-hydrogen) atoms. The Hall–Kier alpha value is -1.84. The summed E-state index contributed by atoms with van der Waals surface area (Å²) in [5.74, 6) is 0.334. The summed E-state index contributed by atoms with van der Waals surface area (Å²) in [5, 5.41) is 5.99. The van der Waals surface area contributed by atoms with Crippen molar-refractivity contribution < 1.29 is 9.59 Å². The van der Waals surface area contributed by atoms with Crippen LogP contribution < -0.4 is 10.6 Å². The second-order valence-corrected chi connectivity index (χ2v) is 6.71. The standard InChI is InChI=1S/C19H28N2O2/c1-4-9-20-18(22)15-5-7-16(8-6-15)19(23)21-17-11-13(2)10-14(3)12-17/h10-12,15-16H,4-9H2,1-3H3,(H,20,22)(H,21,23). The maximum absolute atomic E-state index is 12.4. The molecule has 0 radical (unpaired) electrons. The largest absolute Gasteiger partial charge is 0.356 e. The minimum Gasteiger partial charge on any atom is -0.356 e. The Morgan fingerprint density at radius 1 is 0.957 bits per heavy atom. The number of nitrogens with one attached hydrogen (secondary N) is 2. The lowest BCUT2D eigenvalue weighted by Crippen LogP contribution is -2.35. The predicted molar refractivity (Wildman–Crippen MR) is 93.3 cm³/mol. The van der Waals surface area contributed by atoms with E-state index in [2.05, 4.69) is 23.6 Å². The van der Waals surface area contributed by atoms with E-state index in [-0.39, 0.29) is 23.7 Å². The monoisotopic (exact) mass is 316 g/mol. The first-order chi connectivity index (χ1) is 11.0. The van der Waals surface area contributed by atoms with E-state index in [1.807, 2.05) is 26.0 Å². The van der Waals surface area contributed by atoms with Gasteiger partial charge in [-0.2, -0.15) is 0 Å². The Bertz CT molecular complexity index is 540. The molecule has 0 heterocycles. The number of rotatable bonds is 5. The van der Waals surface area contributed by atoms with Gasteiger partial charge < -0.3 is 10.6 Å². The molecule has 2 rings (SSSR count). The molecule has 0 bridgehead atoms. The van der Waals surface area contributed by atoms with Crippen LogP contribution in [0.15, 0.2) is 18.2 Å². The number of hydrogen-bond donors (Lipinski definition) is 2. The van der Waals surface area contributed by atoms with Crippen LogP contribution in [0.2, 0.25) is 0 Å². The molecule has 1 aromatic carbocycles. The van der Waals surface area contributed by atoms with Crippen molar-refractivity contribution in [3.05, 3.63) is 29.3 Å². The van der Waals surface area contributed by atoms with E-state index in [9.17, 15) is 9.59 Å². The van der Waals surface area contributed by atoms with Gasteiger partial charge >= 0.3 is 0 Å². The van der Waals surface area contributed by atoms with Crippen molar-refractivity contribution in [1.82, 2.24) is 5.32 Å². The van der Waals surface area contributed by atoms with E-state index in [0.29, 0.717) is 0 Å². The fourth-order valence-corrected chi connectivity index (χ4v) is 3.30. The number of aryl methyl sites for hydroxylation is 2. The smallest absolute Gasteiger partial charge is 0.227 e. The summed E-state index contributed by atoms with van der Waals surface area (Å²) in [6.45, 7) is 6.85. The molecular formula is C19H28N2O2. The van der Waals surface area contributed by atoms with Crippen molar-refractivity contribution in [2.24, 2.45) is 11.8 Å². The molecule has 0 atom stereocenters. The van der Waals surface area contributed by atoms with Crippen LogP contribution in [0.5, 0.6) is 0 Å². The minimum absolute atomic E-state index is 0.0195. The highest BCUT2D eigenvalue weighted by molar-refractivity contribution is 5.93. The molecule has 2 N–H and O–H groups in total. The van der Waals surface area contributed by atoms with E-state index in [4.69, 9.17) is 0 Å². The topological polar surface area (TPSA) is 58.2 Å². The van der Waals surface area contributed by atoms with Gasteiger partial charge in [-0.3, -0.25) is 9.59 Å². The number of amides is 2. The summed E-state index contributed by atoms with van der Waals surface area (Å²) in [4.78, 5) is 24.4. The van der Waals surface area contributed by atoms with Crippen LogP contribution >= 0.6 is 0 Å². The Morgan fingerprint density at radius 3 is 2.00 bits per heavy atom. The van der Waals surface area contributed by atoms with E-state index in [0.717, 1.165) is 55.5 Å². The molecule has 1 saturated carbocycles. The SMILES string of the molecule is CCCNC(=O)C1CCC(C(=O)Nc2cc(C)cc(C)c2)CC1. The summed E-state index contributed by atoms with van der Waals surface area (Å²) in [6.07, 6.45) is 4.15. The predicted octanol–water partition coefficient (Wildman–Crippen LogP) is 3.57. The van der Waals surface area contributed by atoms with Gasteiger partial charge in [0.2, 0.25) is 11.8 Å². The summed E-state index contributed by atoms with van der Waals surface area (Å²) in [6, 6.07) is 6.08. The van der Waals surface area contributed by atoms with Crippen molar-refractivity contribution in [3.8, 4) is 0 Å². The molecule has 0 spiro atoms. The van der Waals surface area contributed by atoms with Crippen LogP contribution in [0, 0.1) is 25.7 Å². The Labute approximate surface area is 139 Å². The highest BCUT2D eigenvalue weighted by atomic mass is 16.2. The van der Waals surface area contributed by atoms with Crippen LogP contribution in [0.3, 0.4) is 0 Å². The van der Waals surface area contributed by atoms with E-state index < -0.39 is 0 Å². The molecule has 0 saturated heterocycles. The number of carbonyl (C=O) groups is 2. The molecule has 2 amide bonds. The zero-order chi connectivity index (χ0) is 16.8. The van der Waals surface area contributed by atoms with Crippen molar-refractivity contribution in [1.29, 1.82) is 0 Å². The van der Waals surface area contributed by atoms with Crippen LogP contribution in [0.25, 0.3) is 0 Å². The number of benzene rings is 1. The van der Waals surface area contributed by atoms with Crippen molar-refractivity contribution in [3.63, 3.8) is 0 Å². The van der Waals surface area contributed by atoms with Gasteiger partial charge in [-0.1, -0.05) is 13.0 Å². The highest BCUT2D eigenvalue weighted by Crippen LogP contribution is 2.30. The molecule has 1 aromatic rings. The first-order valence-electron chi connectivity index (χ1n) is 8.66. The number of hydrogen-bond acceptors (Lipinski definition) is 2. The number of anilines is 1. The highest BCUT2D eigenvalue weighted by Gasteiger charge is 2.29. The van der Waals surface area contributed by atoms with Crippen LogP contribution in [-0.2, 0) is 9.59 Å². The fraction of sp³-hybridized carbons (Fsp3) is 0.579. The van der Waals surface area contributed by atoms with Gasteiger partial charge in [-0.05, 0) is 69.2 Å². The summed E-state index contributed by atoms with van der Waals surface area (Å²) < 4.78 is 0. The number of carbonyl (C=O) groups excluding carboxylic acids is 2. The van der Waals surface area contributed by atoms with Crippen LogP contribution in [-0.4, -0.2) is 18.4 Å². The lowest BCUT2D eigenvalue weighted by molar-refractivity contribution is -0.128. The van der Waals surface area contributed by atoms with Gasteiger partial charge in [-0.25, -0.2) is 0 Å². The quantitative estimate of drug-likeness (QED) is 0.872. The van der Waals surface area contributed by atoms with Gasteiger partial charge in [0.05, 0.1) is 0 Å². The molecule has 126 valence electrons. The Morgan fingerprint density at radius 2 is 1.48 bits per heavy atom. The second kappa shape index (κ2) is 8.14. The van der Waals surface area contributed by atoms with Crippen LogP contribution in [0.4, 0.5) is 5.69 Å². The average molecular weight is 316 g/mol. The fourth-order valence-electron chi connectivity index (χ4n) is 3.30. The lowest BCUT2D eigenvalue weighted by Gasteiger charge is -2.27. The molecule has 1 aliphatic carbocycles. The third-order valence-corrected chi connectivity index (χ3v) is 4.51. The van der Waals surface area contributed by atoms with Gasteiger partial charge in [0.15, 0.2) is 0 Å². The first kappa shape index (κ1) is 17.5. The zero-order valence-electron chi connectivity index (χ0n) is 14.4. The maximum Gasteiger partial charge on any atom is 0.227 e. The second-order valence-electron chi connectivity index (χ2n) is 6.71. The lowest BCUT2D eigenvalue weighted by atomic mass is 9.81. The first-order valence-corrected chi connectivity index (χ1v) is 8.66. The zero-order valence-corrected chi connectivity index (χ0v) is 14.4. The third kappa shape index (κ3) is 5.08. The van der Waals surface area contributed by atoms with E-state index >= 15 is 0 Å². The molecule has 1 fully saturated rings. The molecule has 0 unspecified atom stereocenters. The summed E-state index contributed by atoms with van der Waals surface area (Å²) >= 11 is 0. The molecule has 4 heteroatoms. The Kier molecular flexibility index (Phi) is 6.20. The van der Waals surface area contributed by atoms with Gasteiger partial charge in [0.25, 0.3) is 0 Å². The molecule has 0 aromatic heterocycles. The van der Waals surface area contributed by atoms with Gasteiger partial charge in [0, 0.05) is 24.1 Å². The minimum atomic E-state index is 0.0195. The summed E-state index contributed by atoms with van der Waals surface area (Å²) in [7, 11) is 0. The van der Waals surface area contributed by atoms with E-state index in [1.165, 1.54) is 0 Å². The maximum atomic E-state index is 12.4. The van der Waals surface area contributed by atoms with Crippen molar-refractivity contribution in [2.75, 3.05) is 11.9 Å². The average Bonchev–Trinajstić information content (AvgIpc) is 2.51. The normalized spacial score (nSPS) is 20.8. The van der Waals surface area contributed by atoms with Gasteiger partial charge in [-0.15, -0.1) is 0 Å². The van der Waals surface area contributed by atoms with Crippen molar-refractivity contribution in [2.45, 2.75) is 52.9 Å². The Balaban J connectivity index is 1.85. The summed E-state index contributed by atoms with van der Waals surface area (Å²) in [5.41, 5.74) is 3.17. The van der Waals surface area contributed by atoms with Gasteiger partial charge in [0.1, 0.15) is 0 Å². The molecular weight excluding hydrogens is 288 g/mol. The molecule has 4 nitrogen and oxygen atoms in total. The van der Waals surface area contributed by atoms with Crippen molar-refractivity contribution >= 4 is 17.5 Å². The van der Waals surface area contributed by atoms with E-state index in [1.54, 1.807) is 0 Å². The van der Waals surface area contributed by atoms with Crippen LogP contribution in [0.1, 0.15) is 50.2 Å². The molecule has 0 aliphatic heterocycles. The third-order valence-electron chi connectivity index (χ3n) is 4.51.